The summed E-state index contributed by atoms with van der Waals surface area (Å²) < 4.78 is 19.5. The third-order valence-electron chi connectivity index (χ3n) is 3.26. The van der Waals surface area contributed by atoms with Crippen molar-refractivity contribution in [3.05, 3.63) is 36.1 Å². The molecule has 2 aliphatic carbocycles. The van der Waals surface area contributed by atoms with Gasteiger partial charge in [-0.3, -0.25) is 0 Å². The van der Waals surface area contributed by atoms with Crippen molar-refractivity contribution >= 4 is 0 Å². The Balaban J connectivity index is 1.99. The van der Waals surface area contributed by atoms with E-state index in [4.69, 9.17) is 10.00 Å². The predicted octanol–water partition coefficient (Wildman–Crippen LogP) is 1.87. The number of rotatable bonds is 0. The molecule has 0 saturated heterocycles. The Morgan fingerprint density at radius 2 is 2.36 bits per heavy atom. The molecule has 1 saturated carbocycles. The highest BCUT2D eigenvalue weighted by molar-refractivity contribution is 5.45. The Bertz CT molecular complexity index is 417. The average Bonchev–Trinajstić information content (AvgIpc) is 2.63. The monoisotopic (exact) mass is 189 g/mol. The molecule has 3 heteroatoms. The summed E-state index contributed by atoms with van der Waals surface area (Å²) in [6.07, 6.45) is 7.94. The van der Waals surface area contributed by atoms with Crippen molar-refractivity contribution in [3.8, 4) is 6.07 Å². The van der Waals surface area contributed by atoms with Crippen LogP contribution in [0.5, 0.6) is 0 Å². The number of ether oxygens (including phenoxy) is 1. The van der Waals surface area contributed by atoms with Gasteiger partial charge in [0.25, 0.3) is 0 Å². The van der Waals surface area contributed by atoms with E-state index in [1.165, 1.54) is 6.08 Å². The van der Waals surface area contributed by atoms with Gasteiger partial charge < -0.3 is 4.74 Å². The summed E-state index contributed by atoms with van der Waals surface area (Å²) in [6, 6.07) is 2.02. The van der Waals surface area contributed by atoms with Gasteiger partial charge in [0, 0.05) is 5.57 Å². The molecule has 4 atom stereocenters. The Hall–Kier alpha value is -1.56. The zero-order valence-electron chi connectivity index (χ0n) is 7.35. The summed E-state index contributed by atoms with van der Waals surface area (Å²) in [6.45, 7) is 0. The molecule has 0 spiro atoms. The van der Waals surface area contributed by atoms with Crippen molar-refractivity contribution in [2.24, 2.45) is 11.8 Å². The number of nitriles is 1. The van der Waals surface area contributed by atoms with Crippen LogP contribution in [0.25, 0.3) is 0 Å². The first kappa shape index (κ1) is 7.81. The second-order valence-corrected chi connectivity index (χ2v) is 3.88. The van der Waals surface area contributed by atoms with Crippen molar-refractivity contribution in [2.75, 3.05) is 0 Å². The van der Waals surface area contributed by atoms with Crippen LogP contribution >= 0.6 is 0 Å². The van der Waals surface area contributed by atoms with Crippen LogP contribution in [-0.2, 0) is 4.74 Å². The lowest BCUT2D eigenvalue weighted by Gasteiger charge is -2.50. The number of halogens is 1. The zero-order chi connectivity index (χ0) is 9.76. The molecular weight excluding hydrogens is 181 g/mol. The fourth-order valence-corrected chi connectivity index (χ4v) is 2.46. The minimum atomic E-state index is -1.32. The quantitative estimate of drug-likeness (QED) is 0.582. The number of allylic oxidation sites excluding steroid dienone is 3. The van der Waals surface area contributed by atoms with Gasteiger partial charge in [-0.25, -0.2) is 4.39 Å². The van der Waals surface area contributed by atoms with E-state index in [0.717, 1.165) is 0 Å². The fraction of sp³-hybridized carbons (Fsp3) is 0.364. The normalized spacial score (nSPS) is 46.9. The fourth-order valence-electron chi connectivity index (χ4n) is 2.46. The van der Waals surface area contributed by atoms with Gasteiger partial charge in [-0.15, -0.1) is 0 Å². The summed E-state index contributed by atoms with van der Waals surface area (Å²) in [5.41, 5.74) is -0.796. The van der Waals surface area contributed by atoms with Crippen LogP contribution in [0.4, 0.5) is 4.39 Å². The first-order valence-electron chi connectivity index (χ1n) is 4.58. The maximum Gasteiger partial charge on any atom is 0.149 e. The lowest BCUT2D eigenvalue weighted by molar-refractivity contribution is -0.105. The number of hydrogen-bond acceptors (Lipinski definition) is 2. The van der Waals surface area contributed by atoms with E-state index in [2.05, 4.69) is 0 Å². The largest absolute Gasteiger partial charge is 0.497 e. The van der Waals surface area contributed by atoms with Crippen LogP contribution in [0, 0.1) is 23.2 Å². The van der Waals surface area contributed by atoms with E-state index in [1.807, 2.05) is 6.07 Å². The van der Waals surface area contributed by atoms with Gasteiger partial charge in [-0.1, -0.05) is 6.08 Å². The minimum absolute atomic E-state index is 0.103. The topological polar surface area (TPSA) is 33.0 Å². The number of hydrogen-bond donors (Lipinski definition) is 0. The smallest absolute Gasteiger partial charge is 0.149 e. The molecule has 70 valence electrons. The highest BCUT2D eigenvalue weighted by Crippen LogP contribution is 2.55. The van der Waals surface area contributed by atoms with Crippen molar-refractivity contribution in [3.63, 3.8) is 0 Å². The molecule has 1 aliphatic heterocycles. The summed E-state index contributed by atoms with van der Waals surface area (Å²) in [4.78, 5) is 0. The molecular formula is C11H8FNO. The van der Waals surface area contributed by atoms with Crippen LogP contribution in [0.2, 0.25) is 0 Å². The number of nitrogens with zero attached hydrogens (tertiary/aromatic N) is 1. The first-order chi connectivity index (χ1) is 6.75. The zero-order valence-corrected chi connectivity index (χ0v) is 7.35. The van der Waals surface area contributed by atoms with Crippen molar-refractivity contribution in [1.82, 2.24) is 0 Å². The van der Waals surface area contributed by atoms with Crippen LogP contribution in [-0.4, -0.2) is 11.8 Å². The molecule has 3 aliphatic rings. The minimum Gasteiger partial charge on any atom is -0.497 e. The molecule has 0 amide bonds. The van der Waals surface area contributed by atoms with E-state index >= 15 is 0 Å². The molecule has 2 nitrogen and oxygen atoms in total. The molecule has 0 N–H and O–H groups in total. The molecule has 0 aromatic heterocycles. The van der Waals surface area contributed by atoms with Crippen molar-refractivity contribution in [2.45, 2.75) is 11.8 Å². The van der Waals surface area contributed by atoms with Gasteiger partial charge >= 0.3 is 0 Å². The first-order valence-corrected chi connectivity index (χ1v) is 4.58. The summed E-state index contributed by atoms with van der Waals surface area (Å²) in [7, 11) is 0. The van der Waals surface area contributed by atoms with E-state index in [9.17, 15) is 4.39 Å². The molecule has 14 heavy (non-hydrogen) atoms. The molecule has 3 rings (SSSR count). The second-order valence-electron chi connectivity index (χ2n) is 3.88. The van der Waals surface area contributed by atoms with Crippen LogP contribution in [0.1, 0.15) is 0 Å². The third kappa shape index (κ3) is 0.701. The van der Waals surface area contributed by atoms with E-state index in [-0.39, 0.29) is 17.9 Å². The lowest BCUT2D eigenvalue weighted by Crippen LogP contribution is -2.60. The SMILES string of the molecule is N#CC1=C[C@H]2[C@@H]3OC=C[C@@H]3[C@@]2(F)C=C1. The number of alkyl halides is 1. The molecule has 1 heterocycles. The third-order valence-corrected chi connectivity index (χ3v) is 3.26. The van der Waals surface area contributed by atoms with Crippen molar-refractivity contribution in [1.29, 1.82) is 5.26 Å². The standard InChI is InChI=1S/C11H8FNO/c12-11-3-1-7(6-13)5-9(11)10-8(11)2-4-14-10/h1-5,8-10H/t8-,9-,10+,11-/m0/s1. The Labute approximate surface area is 81.0 Å². The van der Waals surface area contributed by atoms with Gasteiger partial charge in [-0.05, 0) is 18.2 Å². The maximum absolute atomic E-state index is 14.2. The Kier molecular flexibility index (Phi) is 1.27. The maximum atomic E-state index is 14.2. The molecule has 0 aromatic carbocycles. The van der Waals surface area contributed by atoms with Crippen LogP contribution in [0.15, 0.2) is 36.1 Å². The molecule has 0 bridgehead atoms. The van der Waals surface area contributed by atoms with Crippen LogP contribution in [0.3, 0.4) is 0 Å². The van der Waals surface area contributed by atoms with E-state index in [1.54, 1.807) is 24.5 Å². The summed E-state index contributed by atoms with van der Waals surface area (Å²) in [5, 5.41) is 8.70. The van der Waals surface area contributed by atoms with Gasteiger partial charge in [0.15, 0.2) is 0 Å². The van der Waals surface area contributed by atoms with Gasteiger partial charge in [-0.2, -0.15) is 5.26 Å². The second kappa shape index (κ2) is 2.27. The van der Waals surface area contributed by atoms with Gasteiger partial charge in [0.05, 0.1) is 24.2 Å². The highest BCUT2D eigenvalue weighted by atomic mass is 19.1. The summed E-state index contributed by atoms with van der Waals surface area (Å²) in [5.74, 6) is -0.456. The highest BCUT2D eigenvalue weighted by Gasteiger charge is 2.63. The summed E-state index contributed by atoms with van der Waals surface area (Å²) >= 11 is 0. The molecule has 0 unspecified atom stereocenters. The molecule has 0 radical (unpaired) electrons. The average molecular weight is 189 g/mol. The van der Waals surface area contributed by atoms with E-state index < -0.39 is 5.67 Å². The molecule has 0 aromatic rings. The van der Waals surface area contributed by atoms with Gasteiger partial charge in [0.1, 0.15) is 11.8 Å². The lowest BCUT2D eigenvalue weighted by atomic mass is 9.58. The Morgan fingerprint density at radius 1 is 1.50 bits per heavy atom. The van der Waals surface area contributed by atoms with Crippen molar-refractivity contribution < 1.29 is 9.13 Å². The van der Waals surface area contributed by atoms with Gasteiger partial charge in [0.2, 0.25) is 0 Å². The Morgan fingerprint density at radius 3 is 3.14 bits per heavy atom. The number of fused-ring (bicyclic) bond motifs is 4. The van der Waals surface area contributed by atoms with E-state index in [0.29, 0.717) is 5.57 Å². The predicted molar refractivity (Wildman–Crippen MR) is 47.7 cm³/mol. The van der Waals surface area contributed by atoms with Crippen LogP contribution < -0.4 is 0 Å². The molecule has 1 fully saturated rings.